The van der Waals surface area contributed by atoms with Gasteiger partial charge in [-0.25, -0.2) is 9.59 Å². The number of methoxy groups -OCH3 is 1. The van der Waals surface area contributed by atoms with Crippen molar-refractivity contribution in [2.45, 2.75) is 13.8 Å². The molecule has 0 atom stereocenters. The SMILES string of the molecule is CCOC(=O)COc1c(I)cc(/C=C(\C#N)C(=O)Nc2ccc(C(=O)OCC)cc2)cc1OC. The van der Waals surface area contributed by atoms with Crippen LogP contribution in [0, 0.1) is 14.9 Å². The summed E-state index contributed by atoms with van der Waals surface area (Å²) in [4.78, 5) is 35.9. The highest BCUT2D eigenvalue weighted by Gasteiger charge is 2.16. The fraction of sp³-hybridized carbons (Fsp3) is 0.250. The first-order valence-corrected chi connectivity index (χ1v) is 11.3. The smallest absolute Gasteiger partial charge is 0.344 e. The van der Waals surface area contributed by atoms with Crippen LogP contribution in [0.25, 0.3) is 6.08 Å². The van der Waals surface area contributed by atoms with Gasteiger partial charge in [0.05, 0.1) is 29.5 Å². The van der Waals surface area contributed by atoms with E-state index in [1.54, 1.807) is 38.1 Å². The molecule has 10 heteroatoms. The van der Waals surface area contributed by atoms with Gasteiger partial charge in [-0.15, -0.1) is 0 Å². The van der Waals surface area contributed by atoms with Crippen LogP contribution in [0.2, 0.25) is 0 Å². The molecule has 0 saturated heterocycles. The largest absolute Gasteiger partial charge is 0.493 e. The van der Waals surface area contributed by atoms with Gasteiger partial charge in [0.15, 0.2) is 18.1 Å². The van der Waals surface area contributed by atoms with Gasteiger partial charge in [0, 0.05) is 5.69 Å². The number of rotatable bonds is 10. The molecule has 0 fully saturated rings. The summed E-state index contributed by atoms with van der Waals surface area (Å²) in [7, 11) is 1.44. The summed E-state index contributed by atoms with van der Waals surface area (Å²) >= 11 is 2.00. The van der Waals surface area contributed by atoms with Gasteiger partial charge < -0.3 is 24.3 Å². The predicted molar refractivity (Wildman–Crippen MR) is 132 cm³/mol. The number of carbonyl (C=O) groups excluding carboxylic acids is 3. The van der Waals surface area contributed by atoms with Crippen molar-refractivity contribution in [2.24, 2.45) is 0 Å². The first-order valence-electron chi connectivity index (χ1n) is 10.2. The molecule has 0 spiro atoms. The number of nitrogens with one attached hydrogen (secondary N) is 1. The Kier molecular flexibility index (Phi) is 10.3. The maximum atomic E-state index is 12.6. The van der Waals surface area contributed by atoms with Crippen molar-refractivity contribution in [1.82, 2.24) is 0 Å². The first kappa shape index (κ1) is 26.7. The Morgan fingerprint density at radius 3 is 2.35 bits per heavy atom. The van der Waals surface area contributed by atoms with Gasteiger partial charge in [-0.3, -0.25) is 4.79 Å². The monoisotopic (exact) mass is 578 g/mol. The van der Waals surface area contributed by atoms with Gasteiger partial charge in [0.2, 0.25) is 0 Å². The van der Waals surface area contributed by atoms with E-state index >= 15 is 0 Å². The van der Waals surface area contributed by atoms with Crippen molar-refractivity contribution in [3.8, 4) is 17.6 Å². The van der Waals surface area contributed by atoms with Gasteiger partial charge in [-0.05, 0) is 84.5 Å². The second-order valence-corrected chi connectivity index (χ2v) is 7.71. The molecule has 2 aromatic rings. The average molecular weight is 578 g/mol. The molecule has 0 heterocycles. The Balaban J connectivity index is 2.19. The average Bonchev–Trinajstić information content (AvgIpc) is 2.82. The summed E-state index contributed by atoms with van der Waals surface area (Å²) in [5.74, 6) is -0.921. The standard InChI is InChI=1S/C24H23IN2O7/c1-4-32-21(28)14-34-22-19(25)11-15(12-20(22)31-3)10-17(13-26)23(29)27-18-8-6-16(7-9-18)24(30)33-5-2/h6-12H,4-5,14H2,1-3H3,(H,27,29)/b17-10+. The van der Waals surface area contributed by atoms with Crippen LogP contribution in [0.3, 0.4) is 0 Å². The number of carbonyl (C=O) groups is 3. The molecule has 1 N–H and O–H groups in total. The minimum atomic E-state index is -0.622. The van der Waals surface area contributed by atoms with E-state index in [-0.39, 0.29) is 25.4 Å². The quantitative estimate of drug-likeness (QED) is 0.195. The zero-order valence-electron chi connectivity index (χ0n) is 18.8. The summed E-state index contributed by atoms with van der Waals surface area (Å²) in [6.07, 6.45) is 1.40. The number of benzene rings is 2. The summed E-state index contributed by atoms with van der Waals surface area (Å²) < 4.78 is 21.3. The third-order valence-electron chi connectivity index (χ3n) is 4.22. The molecule has 0 radical (unpaired) electrons. The molecule has 178 valence electrons. The minimum Gasteiger partial charge on any atom is -0.493 e. The lowest BCUT2D eigenvalue weighted by Gasteiger charge is -2.13. The zero-order valence-corrected chi connectivity index (χ0v) is 21.0. The van der Waals surface area contributed by atoms with Crippen molar-refractivity contribution in [2.75, 3.05) is 32.2 Å². The van der Waals surface area contributed by atoms with E-state index in [0.29, 0.717) is 31.9 Å². The molecule has 0 aliphatic carbocycles. The number of ether oxygens (including phenoxy) is 4. The van der Waals surface area contributed by atoms with Gasteiger partial charge in [0.25, 0.3) is 5.91 Å². The van der Waals surface area contributed by atoms with E-state index in [0.717, 1.165) is 0 Å². The van der Waals surface area contributed by atoms with Gasteiger partial charge in [-0.2, -0.15) is 5.26 Å². The van der Waals surface area contributed by atoms with E-state index in [4.69, 9.17) is 18.9 Å². The third kappa shape index (κ3) is 7.48. The Labute approximate surface area is 210 Å². The Morgan fingerprint density at radius 2 is 1.76 bits per heavy atom. The lowest BCUT2D eigenvalue weighted by Crippen LogP contribution is -2.15. The maximum absolute atomic E-state index is 12.6. The van der Waals surface area contributed by atoms with Crippen molar-refractivity contribution >= 4 is 52.2 Å². The molecule has 1 amide bonds. The number of nitrogens with zero attached hydrogens (tertiary/aromatic N) is 1. The van der Waals surface area contributed by atoms with E-state index in [9.17, 15) is 19.6 Å². The van der Waals surface area contributed by atoms with Crippen LogP contribution in [-0.4, -0.2) is 44.8 Å². The number of nitriles is 1. The van der Waals surface area contributed by atoms with E-state index in [2.05, 4.69) is 5.32 Å². The summed E-state index contributed by atoms with van der Waals surface area (Å²) in [6.45, 7) is 3.63. The molecular formula is C24H23IN2O7. The minimum absolute atomic E-state index is 0.146. The second kappa shape index (κ2) is 13.2. The Bertz CT molecular complexity index is 1120. The molecule has 0 aliphatic rings. The highest BCUT2D eigenvalue weighted by Crippen LogP contribution is 2.34. The molecule has 0 unspecified atom stereocenters. The summed E-state index contributed by atoms with van der Waals surface area (Å²) in [5.41, 5.74) is 1.14. The normalized spacial score (nSPS) is 10.6. The number of amides is 1. The van der Waals surface area contributed by atoms with E-state index < -0.39 is 17.8 Å². The first-order chi connectivity index (χ1) is 16.3. The zero-order chi connectivity index (χ0) is 25.1. The van der Waals surface area contributed by atoms with Crippen LogP contribution in [0.15, 0.2) is 42.0 Å². The maximum Gasteiger partial charge on any atom is 0.344 e. The lowest BCUT2D eigenvalue weighted by molar-refractivity contribution is -0.145. The fourth-order valence-corrected chi connectivity index (χ4v) is 3.50. The van der Waals surface area contributed by atoms with E-state index in [1.165, 1.54) is 25.3 Å². The number of anilines is 1. The fourth-order valence-electron chi connectivity index (χ4n) is 2.71. The molecule has 0 aromatic heterocycles. The van der Waals surface area contributed by atoms with Crippen molar-refractivity contribution < 1.29 is 33.3 Å². The van der Waals surface area contributed by atoms with Crippen LogP contribution in [0.4, 0.5) is 5.69 Å². The Hall–Kier alpha value is -3.59. The van der Waals surface area contributed by atoms with Crippen LogP contribution in [0.5, 0.6) is 11.5 Å². The van der Waals surface area contributed by atoms with E-state index in [1.807, 2.05) is 28.7 Å². The topological polar surface area (TPSA) is 124 Å². The molecular weight excluding hydrogens is 555 g/mol. The molecule has 0 saturated carbocycles. The molecule has 34 heavy (non-hydrogen) atoms. The van der Waals surface area contributed by atoms with Gasteiger partial charge in [0.1, 0.15) is 11.6 Å². The van der Waals surface area contributed by atoms with Crippen molar-refractivity contribution in [3.63, 3.8) is 0 Å². The molecule has 9 nitrogen and oxygen atoms in total. The van der Waals surface area contributed by atoms with Crippen LogP contribution in [-0.2, 0) is 19.1 Å². The third-order valence-corrected chi connectivity index (χ3v) is 5.02. The molecule has 0 aliphatic heterocycles. The van der Waals surface area contributed by atoms with Gasteiger partial charge in [-0.1, -0.05) is 0 Å². The predicted octanol–water partition coefficient (Wildman–Crippen LogP) is 3.96. The van der Waals surface area contributed by atoms with Crippen LogP contribution < -0.4 is 14.8 Å². The molecule has 2 aromatic carbocycles. The summed E-state index contributed by atoms with van der Waals surface area (Å²) in [5, 5.41) is 12.1. The van der Waals surface area contributed by atoms with Crippen molar-refractivity contribution in [3.05, 3.63) is 56.7 Å². The van der Waals surface area contributed by atoms with Crippen LogP contribution in [0.1, 0.15) is 29.8 Å². The summed E-state index contributed by atoms with van der Waals surface area (Å²) in [6, 6.07) is 11.3. The van der Waals surface area contributed by atoms with Gasteiger partial charge >= 0.3 is 11.9 Å². The second-order valence-electron chi connectivity index (χ2n) is 6.55. The number of halogens is 1. The lowest BCUT2D eigenvalue weighted by atomic mass is 10.1. The van der Waals surface area contributed by atoms with Crippen molar-refractivity contribution in [1.29, 1.82) is 5.26 Å². The molecule has 2 rings (SSSR count). The number of esters is 2. The number of hydrogen-bond acceptors (Lipinski definition) is 8. The van der Waals surface area contributed by atoms with Crippen LogP contribution >= 0.6 is 22.6 Å². The highest BCUT2D eigenvalue weighted by molar-refractivity contribution is 14.1. The molecule has 0 bridgehead atoms. The number of hydrogen-bond donors (Lipinski definition) is 1. The Morgan fingerprint density at radius 1 is 1.09 bits per heavy atom. The highest BCUT2D eigenvalue weighted by atomic mass is 127.